The third-order valence-corrected chi connectivity index (χ3v) is 5.88. The second-order valence-electron chi connectivity index (χ2n) is 7.59. The van der Waals surface area contributed by atoms with Crippen LogP contribution in [-0.2, 0) is 4.79 Å². The first-order valence-electron chi connectivity index (χ1n) is 8.93. The lowest BCUT2D eigenvalue weighted by Gasteiger charge is -2.58. The quantitative estimate of drug-likeness (QED) is 0.750. The van der Waals surface area contributed by atoms with Crippen molar-refractivity contribution >= 4 is 5.97 Å². The number of pyridine rings is 1. The second-order valence-corrected chi connectivity index (χ2v) is 7.59. The summed E-state index contributed by atoms with van der Waals surface area (Å²) in [7, 11) is 0. The number of hydrogen-bond acceptors (Lipinski definition) is 4. The van der Waals surface area contributed by atoms with Crippen LogP contribution in [0.3, 0.4) is 0 Å². The zero-order valence-electron chi connectivity index (χ0n) is 14.2. The molecule has 2 N–H and O–H groups in total. The molecule has 0 radical (unpaired) electrons. The molecule has 6 nitrogen and oxygen atoms in total. The zero-order valence-corrected chi connectivity index (χ0v) is 14.2. The molecule has 0 unspecified atom stereocenters. The number of aromatic amines is 1. The molecule has 2 aromatic heterocycles. The number of H-pyrrole nitrogens is 1. The molecule has 0 aromatic carbocycles. The monoisotopic (exact) mass is 341 g/mol. The fraction of sp³-hybridized carbons (Fsp3) is 0.526. The van der Waals surface area contributed by atoms with E-state index in [0.29, 0.717) is 6.61 Å². The third kappa shape index (κ3) is 3.01. The van der Waals surface area contributed by atoms with E-state index in [2.05, 4.69) is 15.2 Å². The van der Waals surface area contributed by atoms with Crippen LogP contribution in [0.15, 0.2) is 30.6 Å². The van der Waals surface area contributed by atoms with Crippen LogP contribution in [0.5, 0.6) is 5.75 Å². The van der Waals surface area contributed by atoms with E-state index in [4.69, 9.17) is 4.74 Å². The van der Waals surface area contributed by atoms with Gasteiger partial charge < -0.3 is 9.84 Å². The molecule has 0 atom stereocenters. The fourth-order valence-corrected chi connectivity index (χ4v) is 4.76. The molecular formula is C19H23N3O3. The van der Waals surface area contributed by atoms with Gasteiger partial charge in [0.15, 0.2) is 0 Å². The summed E-state index contributed by atoms with van der Waals surface area (Å²) < 4.78 is 5.80. The Bertz CT molecular complexity index is 734. The second kappa shape index (κ2) is 6.17. The molecule has 25 heavy (non-hydrogen) atoms. The van der Waals surface area contributed by atoms with E-state index in [0.717, 1.165) is 55.7 Å². The smallest absolute Gasteiger partial charge is 0.309 e. The minimum atomic E-state index is -0.595. The van der Waals surface area contributed by atoms with Crippen LogP contribution in [0.25, 0.3) is 11.4 Å². The normalized spacial score (nSPS) is 27.5. The van der Waals surface area contributed by atoms with Gasteiger partial charge in [0, 0.05) is 6.20 Å². The lowest BCUT2D eigenvalue weighted by atomic mass is 9.44. The summed E-state index contributed by atoms with van der Waals surface area (Å²) in [5.41, 5.74) is 1.56. The van der Waals surface area contributed by atoms with Crippen LogP contribution in [0.4, 0.5) is 0 Å². The van der Waals surface area contributed by atoms with Crippen molar-refractivity contribution in [3.63, 3.8) is 0 Å². The van der Waals surface area contributed by atoms with Crippen molar-refractivity contribution < 1.29 is 14.6 Å². The molecule has 0 amide bonds. The topological polar surface area (TPSA) is 88.1 Å². The Morgan fingerprint density at radius 3 is 2.84 bits per heavy atom. The summed E-state index contributed by atoms with van der Waals surface area (Å²) in [6.07, 6.45) is 10.2. The van der Waals surface area contributed by atoms with Gasteiger partial charge in [-0.25, -0.2) is 0 Å². The van der Waals surface area contributed by atoms with Gasteiger partial charge in [-0.2, -0.15) is 5.10 Å². The van der Waals surface area contributed by atoms with Crippen LogP contribution in [0.2, 0.25) is 0 Å². The van der Waals surface area contributed by atoms with Crippen molar-refractivity contribution in [3.05, 3.63) is 30.6 Å². The number of nitrogens with one attached hydrogen (secondary N) is 1. The molecule has 2 bridgehead atoms. The molecule has 6 heteroatoms. The van der Waals surface area contributed by atoms with Crippen molar-refractivity contribution in [2.24, 2.45) is 10.8 Å². The maximum absolute atomic E-state index is 11.4. The average molecular weight is 341 g/mol. The summed E-state index contributed by atoms with van der Waals surface area (Å²) in [6.45, 7) is 0.646. The number of rotatable bonds is 7. The Hall–Kier alpha value is -2.37. The predicted octanol–water partition coefficient (Wildman–Crippen LogP) is 3.67. The number of aliphatic carboxylic acids is 1. The SMILES string of the molecule is O=C(O)C12CCCC(CCCOc3ccc(-c4ccn[nH]4)nc3)(C1)C2. The van der Waals surface area contributed by atoms with Gasteiger partial charge in [-0.3, -0.25) is 14.9 Å². The highest BCUT2D eigenvalue weighted by Gasteiger charge is 2.60. The average Bonchev–Trinajstić information content (AvgIpc) is 3.13. The minimum Gasteiger partial charge on any atom is -0.492 e. The van der Waals surface area contributed by atoms with Crippen molar-refractivity contribution in [2.75, 3.05) is 6.61 Å². The van der Waals surface area contributed by atoms with Gasteiger partial charge in [-0.1, -0.05) is 6.42 Å². The standard InChI is InChI=1S/C19H23N3O3/c23-17(24)19-8-1-6-18(12-19,13-19)7-2-10-25-14-3-4-15(20-11-14)16-5-9-21-22-16/h3-5,9,11H,1-2,6-8,10,12-13H2,(H,21,22)(H,23,24). The number of carboxylic acids is 1. The van der Waals surface area contributed by atoms with Crippen molar-refractivity contribution in [3.8, 4) is 17.1 Å². The van der Waals surface area contributed by atoms with Crippen molar-refractivity contribution in [1.82, 2.24) is 15.2 Å². The molecule has 2 aromatic rings. The summed E-state index contributed by atoms with van der Waals surface area (Å²) in [4.78, 5) is 15.8. The summed E-state index contributed by atoms with van der Waals surface area (Å²) in [5.74, 6) is 0.167. The van der Waals surface area contributed by atoms with Crippen LogP contribution < -0.4 is 4.74 Å². The number of nitrogens with zero attached hydrogens (tertiary/aromatic N) is 2. The molecule has 3 fully saturated rings. The lowest BCUT2D eigenvalue weighted by molar-refractivity contribution is -0.177. The van der Waals surface area contributed by atoms with Crippen LogP contribution in [0, 0.1) is 10.8 Å². The molecular weight excluding hydrogens is 318 g/mol. The molecule has 132 valence electrons. The van der Waals surface area contributed by atoms with Gasteiger partial charge in [-0.15, -0.1) is 0 Å². The lowest BCUT2D eigenvalue weighted by Crippen LogP contribution is -2.54. The highest BCUT2D eigenvalue weighted by atomic mass is 16.5. The number of carboxylic acid groups (broad SMARTS) is 1. The van der Waals surface area contributed by atoms with Gasteiger partial charge >= 0.3 is 5.97 Å². The highest BCUT2D eigenvalue weighted by molar-refractivity contribution is 5.76. The molecule has 3 aliphatic carbocycles. The van der Waals surface area contributed by atoms with Gasteiger partial charge in [0.05, 0.1) is 29.6 Å². The van der Waals surface area contributed by atoms with E-state index in [9.17, 15) is 9.90 Å². The van der Waals surface area contributed by atoms with E-state index in [-0.39, 0.29) is 5.41 Å². The van der Waals surface area contributed by atoms with Crippen molar-refractivity contribution in [1.29, 1.82) is 0 Å². The van der Waals surface area contributed by atoms with E-state index in [1.54, 1.807) is 12.4 Å². The van der Waals surface area contributed by atoms with E-state index >= 15 is 0 Å². The van der Waals surface area contributed by atoms with E-state index in [1.807, 2.05) is 18.2 Å². The van der Waals surface area contributed by atoms with Crippen molar-refractivity contribution in [2.45, 2.75) is 44.9 Å². The van der Waals surface area contributed by atoms with Crippen LogP contribution in [0.1, 0.15) is 44.9 Å². The Morgan fingerprint density at radius 1 is 1.28 bits per heavy atom. The Morgan fingerprint density at radius 2 is 2.16 bits per heavy atom. The van der Waals surface area contributed by atoms with Gasteiger partial charge in [-0.05, 0) is 62.1 Å². The Balaban J connectivity index is 1.24. The van der Waals surface area contributed by atoms with E-state index in [1.165, 1.54) is 6.42 Å². The largest absolute Gasteiger partial charge is 0.492 e. The first-order valence-corrected chi connectivity index (χ1v) is 8.93. The number of carbonyl (C=O) groups is 1. The Kier molecular flexibility index (Phi) is 3.98. The molecule has 0 spiro atoms. The third-order valence-electron chi connectivity index (χ3n) is 5.88. The molecule has 2 heterocycles. The Labute approximate surface area is 146 Å². The van der Waals surface area contributed by atoms with E-state index < -0.39 is 11.4 Å². The maximum Gasteiger partial charge on any atom is 0.309 e. The summed E-state index contributed by atoms with van der Waals surface area (Å²) in [6, 6.07) is 5.71. The number of aromatic nitrogens is 3. The molecule has 5 rings (SSSR count). The molecule has 3 aliphatic rings. The van der Waals surface area contributed by atoms with Gasteiger partial charge in [0.25, 0.3) is 0 Å². The summed E-state index contributed by atoms with van der Waals surface area (Å²) >= 11 is 0. The van der Waals surface area contributed by atoms with Crippen LogP contribution in [-0.4, -0.2) is 32.9 Å². The summed E-state index contributed by atoms with van der Waals surface area (Å²) in [5, 5.41) is 16.2. The molecule has 0 aliphatic heterocycles. The fourth-order valence-electron chi connectivity index (χ4n) is 4.76. The first-order chi connectivity index (χ1) is 12.1. The zero-order chi connectivity index (χ0) is 17.3. The molecule has 0 saturated heterocycles. The number of hydrogen-bond donors (Lipinski definition) is 2. The van der Waals surface area contributed by atoms with Gasteiger partial charge in [0.2, 0.25) is 0 Å². The maximum atomic E-state index is 11.4. The number of fused-ring (bicyclic) bond motifs is 2. The highest BCUT2D eigenvalue weighted by Crippen LogP contribution is 2.65. The number of ether oxygens (including phenoxy) is 1. The van der Waals surface area contributed by atoms with Crippen LogP contribution >= 0.6 is 0 Å². The molecule has 3 saturated carbocycles. The van der Waals surface area contributed by atoms with Gasteiger partial charge in [0.1, 0.15) is 5.75 Å². The first kappa shape index (κ1) is 16.1. The minimum absolute atomic E-state index is 0.253. The predicted molar refractivity (Wildman–Crippen MR) is 92.1 cm³/mol.